The lowest BCUT2D eigenvalue weighted by Crippen LogP contribution is -2.47. The quantitative estimate of drug-likeness (QED) is 0.465. The lowest BCUT2D eigenvalue weighted by atomic mass is 10.2. The molecule has 1 saturated heterocycles. The molecule has 0 unspecified atom stereocenters. The summed E-state index contributed by atoms with van der Waals surface area (Å²) in [6.45, 7) is 1.10. The Morgan fingerprint density at radius 1 is 1.15 bits per heavy atom. The van der Waals surface area contributed by atoms with Crippen molar-refractivity contribution in [3.63, 3.8) is 0 Å². The number of rotatable bonds is 9. The van der Waals surface area contributed by atoms with E-state index >= 15 is 0 Å². The Morgan fingerprint density at radius 3 is 2.56 bits per heavy atom. The molecule has 0 atom stereocenters. The molecule has 2 aromatic heterocycles. The Bertz CT molecular complexity index is 1130. The molecule has 182 valence electrons. The van der Waals surface area contributed by atoms with Gasteiger partial charge in [-0.05, 0) is 25.1 Å². The number of likely N-dealkylation sites (tertiary alicyclic amines) is 1. The highest BCUT2D eigenvalue weighted by atomic mass is 19.4. The van der Waals surface area contributed by atoms with E-state index in [-0.39, 0.29) is 18.2 Å². The van der Waals surface area contributed by atoms with Gasteiger partial charge in [0.25, 0.3) is 0 Å². The van der Waals surface area contributed by atoms with E-state index in [9.17, 15) is 17.6 Å². The van der Waals surface area contributed by atoms with Crippen molar-refractivity contribution in [2.24, 2.45) is 0 Å². The number of nitrogens with one attached hydrogen (secondary N) is 1. The highest BCUT2D eigenvalue weighted by Crippen LogP contribution is 2.28. The van der Waals surface area contributed by atoms with Gasteiger partial charge in [-0.3, -0.25) is 4.90 Å². The van der Waals surface area contributed by atoms with Gasteiger partial charge in [0.15, 0.2) is 0 Å². The van der Waals surface area contributed by atoms with Crippen LogP contribution in [0.3, 0.4) is 0 Å². The van der Waals surface area contributed by atoms with E-state index in [1.54, 1.807) is 31.6 Å². The largest absolute Gasteiger partial charge is 0.494 e. The highest BCUT2D eigenvalue weighted by Gasteiger charge is 2.28. The smallest absolute Gasteiger partial charge is 0.411 e. The maximum absolute atomic E-state index is 13.2. The molecule has 0 aliphatic carbocycles. The molecule has 1 aromatic carbocycles. The van der Waals surface area contributed by atoms with Crippen LogP contribution in [0, 0.1) is 6.92 Å². The lowest BCUT2D eigenvalue weighted by molar-refractivity contribution is -0.176. The van der Waals surface area contributed by atoms with Gasteiger partial charge in [0.2, 0.25) is 5.95 Å². The van der Waals surface area contributed by atoms with Crippen LogP contribution in [0.1, 0.15) is 17.1 Å². The van der Waals surface area contributed by atoms with Gasteiger partial charge in [-0.1, -0.05) is 0 Å². The van der Waals surface area contributed by atoms with Gasteiger partial charge in [0.1, 0.15) is 18.5 Å². The average molecular weight is 480 g/mol. The zero-order valence-electron chi connectivity index (χ0n) is 18.6. The van der Waals surface area contributed by atoms with Crippen LogP contribution in [0.4, 0.5) is 29.2 Å². The van der Waals surface area contributed by atoms with Gasteiger partial charge < -0.3 is 19.4 Å². The van der Waals surface area contributed by atoms with Crippen LogP contribution in [0.15, 0.2) is 36.8 Å². The standard InChI is InChI=1S/C22H24F4N6O2/c1-14-7-32(13-27-14)19-4-3-16(6-20(19)33-2)28-21-29-17(10-31-8-15(23)9-31)5-18(30-21)11-34-12-22(24,25)26/h3-7,13,15H,8-12H2,1-2H3,(H,28,29,30). The predicted molar refractivity (Wildman–Crippen MR) is 116 cm³/mol. The minimum atomic E-state index is -4.43. The number of anilines is 2. The van der Waals surface area contributed by atoms with Crippen LogP contribution in [-0.4, -0.2) is 63.6 Å². The second kappa shape index (κ2) is 9.94. The summed E-state index contributed by atoms with van der Waals surface area (Å²) in [4.78, 5) is 14.8. The molecule has 4 rings (SSSR count). The first kappa shape index (κ1) is 23.9. The zero-order valence-corrected chi connectivity index (χ0v) is 18.6. The summed E-state index contributed by atoms with van der Waals surface area (Å²) in [6, 6.07) is 6.95. The van der Waals surface area contributed by atoms with Crippen molar-refractivity contribution in [3.8, 4) is 11.4 Å². The Hall–Kier alpha value is -3.25. The molecule has 0 saturated carbocycles. The molecule has 34 heavy (non-hydrogen) atoms. The van der Waals surface area contributed by atoms with Crippen molar-refractivity contribution in [1.29, 1.82) is 0 Å². The Morgan fingerprint density at radius 2 is 1.91 bits per heavy atom. The van der Waals surface area contributed by atoms with Crippen LogP contribution in [0.25, 0.3) is 5.69 Å². The van der Waals surface area contributed by atoms with Crippen molar-refractivity contribution < 1.29 is 27.0 Å². The maximum atomic E-state index is 13.2. The van der Waals surface area contributed by atoms with E-state index in [0.717, 1.165) is 11.4 Å². The third kappa shape index (κ3) is 6.20. The number of hydrogen-bond donors (Lipinski definition) is 1. The van der Waals surface area contributed by atoms with Gasteiger partial charge in [0.05, 0.1) is 42.8 Å². The SMILES string of the molecule is COc1cc(Nc2nc(COCC(F)(F)F)cc(CN3CC(F)C3)n2)ccc1-n1cnc(C)c1. The molecule has 0 radical (unpaired) electrons. The Balaban J connectivity index is 1.54. The first-order valence-corrected chi connectivity index (χ1v) is 10.5. The second-order valence-electron chi connectivity index (χ2n) is 8.01. The number of nitrogens with zero attached hydrogens (tertiary/aromatic N) is 5. The number of hydrogen-bond acceptors (Lipinski definition) is 7. The third-order valence-corrected chi connectivity index (χ3v) is 5.07. The Labute approximate surface area is 193 Å². The molecule has 3 aromatic rings. The van der Waals surface area contributed by atoms with Crippen molar-refractivity contribution in [3.05, 3.63) is 53.9 Å². The number of aryl methyl sites for hydroxylation is 1. The number of alkyl halides is 4. The van der Waals surface area contributed by atoms with Gasteiger partial charge >= 0.3 is 6.18 Å². The van der Waals surface area contributed by atoms with Crippen LogP contribution >= 0.6 is 0 Å². The normalized spacial score (nSPS) is 14.8. The summed E-state index contributed by atoms with van der Waals surface area (Å²) in [5.74, 6) is 0.760. The average Bonchev–Trinajstić information content (AvgIpc) is 3.17. The van der Waals surface area contributed by atoms with Crippen molar-refractivity contribution in [2.75, 3.05) is 32.1 Å². The zero-order chi connectivity index (χ0) is 24.3. The van der Waals surface area contributed by atoms with E-state index in [0.29, 0.717) is 36.8 Å². The summed E-state index contributed by atoms with van der Waals surface area (Å²) in [6.07, 6.45) is -1.77. The summed E-state index contributed by atoms with van der Waals surface area (Å²) in [5, 5.41) is 3.07. The molecule has 3 heterocycles. The topological polar surface area (TPSA) is 77.3 Å². The predicted octanol–water partition coefficient (Wildman–Crippen LogP) is 3.96. The fraction of sp³-hybridized carbons (Fsp3) is 0.409. The summed E-state index contributed by atoms with van der Waals surface area (Å²) in [7, 11) is 1.55. The fourth-order valence-corrected chi connectivity index (χ4v) is 3.55. The molecular weight excluding hydrogens is 456 g/mol. The van der Waals surface area contributed by atoms with Crippen LogP contribution in [0.5, 0.6) is 5.75 Å². The van der Waals surface area contributed by atoms with Gasteiger partial charge in [-0.2, -0.15) is 13.2 Å². The van der Waals surface area contributed by atoms with E-state index in [4.69, 9.17) is 9.47 Å². The van der Waals surface area contributed by atoms with Gasteiger partial charge in [-0.15, -0.1) is 0 Å². The van der Waals surface area contributed by atoms with Crippen molar-refractivity contribution in [2.45, 2.75) is 32.4 Å². The molecule has 1 aliphatic rings. The van der Waals surface area contributed by atoms with Crippen LogP contribution < -0.4 is 10.1 Å². The Kier molecular flexibility index (Phi) is 6.98. The summed E-state index contributed by atoms with van der Waals surface area (Å²) in [5.41, 5.74) is 3.09. The van der Waals surface area contributed by atoms with E-state index in [1.165, 1.54) is 0 Å². The number of benzene rings is 1. The molecule has 1 fully saturated rings. The minimum absolute atomic E-state index is 0.189. The van der Waals surface area contributed by atoms with E-state index in [2.05, 4.69) is 20.3 Å². The second-order valence-corrected chi connectivity index (χ2v) is 8.01. The lowest BCUT2D eigenvalue weighted by Gasteiger charge is -2.33. The third-order valence-electron chi connectivity index (χ3n) is 5.07. The van der Waals surface area contributed by atoms with Crippen molar-refractivity contribution >= 4 is 11.6 Å². The number of imidazole rings is 1. The number of halogens is 4. The maximum Gasteiger partial charge on any atom is 0.411 e. The summed E-state index contributed by atoms with van der Waals surface area (Å²) < 4.78 is 62.7. The van der Waals surface area contributed by atoms with Crippen LogP contribution in [0.2, 0.25) is 0 Å². The monoisotopic (exact) mass is 480 g/mol. The van der Waals surface area contributed by atoms with Gasteiger partial charge in [-0.25, -0.2) is 19.3 Å². The molecule has 12 heteroatoms. The number of methoxy groups -OCH3 is 1. The van der Waals surface area contributed by atoms with Crippen LogP contribution in [-0.2, 0) is 17.9 Å². The van der Waals surface area contributed by atoms with E-state index < -0.39 is 19.0 Å². The first-order valence-electron chi connectivity index (χ1n) is 10.5. The summed E-state index contributed by atoms with van der Waals surface area (Å²) >= 11 is 0. The number of ether oxygens (including phenoxy) is 2. The molecular formula is C22H24F4N6O2. The first-order chi connectivity index (χ1) is 16.2. The molecule has 0 bridgehead atoms. The molecule has 1 N–H and O–H groups in total. The molecule has 8 nitrogen and oxygen atoms in total. The minimum Gasteiger partial charge on any atom is -0.494 e. The molecule has 0 spiro atoms. The van der Waals surface area contributed by atoms with Gasteiger partial charge in [0, 0.05) is 37.6 Å². The highest BCUT2D eigenvalue weighted by molar-refractivity contribution is 5.62. The fourth-order valence-electron chi connectivity index (χ4n) is 3.55. The van der Waals surface area contributed by atoms with E-state index in [1.807, 2.05) is 28.7 Å². The molecule has 0 amide bonds. The number of aromatic nitrogens is 4. The molecule has 1 aliphatic heterocycles. The van der Waals surface area contributed by atoms with Crippen molar-refractivity contribution in [1.82, 2.24) is 24.4 Å².